The second-order valence-electron chi connectivity index (χ2n) is 8.30. The summed E-state index contributed by atoms with van der Waals surface area (Å²) in [6.07, 6.45) is 2.76. The summed E-state index contributed by atoms with van der Waals surface area (Å²) in [6.45, 7) is 9.36. The number of rotatable bonds is 4. The highest BCUT2D eigenvalue weighted by molar-refractivity contribution is 5.58. The van der Waals surface area contributed by atoms with Crippen molar-refractivity contribution in [3.05, 3.63) is 51.4 Å². The molecule has 4 rings (SSSR count). The zero-order valence-corrected chi connectivity index (χ0v) is 17.0. The van der Waals surface area contributed by atoms with Gasteiger partial charge in [-0.05, 0) is 81.0 Å². The van der Waals surface area contributed by atoms with Crippen LogP contribution in [0.5, 0.6) is 17.2 Å². The molecule has 0 saturated carbocycles. The minimum absolute atomic E-state index is 0.0913. The smallest absolute Gasteiger partial charge is 0.129 e. The van der Waals surface area contributed by atoms with Crippen LogP contribution in [-0.2, 0) is 12.8 Å². The van der Waals surface area contributed by atoms with Crippen LogP contribution in [0.2, 0.25) is 0 Å². The molecule has 2 heterocycles. The van der Waals surface area contributed by atoms with Crippen molar-refractivity contribution in [3.8, 4) is 17.2 Å². The highest BCUT2D eigenvalue weighted by atomic mass is 16.5. The molecule has 0 aromatic heterocycles. The van der Waals surface area contributed by atoms with Gasteiger partial charge >= 0.3 is 0 Å². The van der Waals surface area contributed by atoms with Gasteiger partial charge in [-0.2, -0.15) is 0 Å². The number of nitroso groups, excluding NO2 is 1. The molecular formula is C23H27NO4. The number of hydrogen-bond acceptors (Lipinski definition) is 5. The average molecular weight is 381 g/mol. The molecule has 0 radical (unpaired) electrons. The Morgan fingerprint density at radius 2 is 2.07 bits per heavy atom. The van der Waals surface area contributed by atoms with E-state index in [0.29, 0.717) is 24.7 Å². The molecule has 5 heteroatoms. The van der Waals surface area contributed by atoms with Gasteiger partial charge in [0.15, 0.2) is 0 Å². The molecule has 2 aliphatic rings. The highest BCUT2D eigenvalue weighted by Crippen LogP contribution is 2.46. The van der Waals surface area contributed by atoms with E-state index in [-0.39, 0.29) is 11.5 Å². The maximum absolute atomic E-state index is 11.4. The lowest BCUT2D eigenvalue weighted by molar-refractivity contribution is 0.0825. The van der Waals surface area contributed by atoms with Crippen molar-refractivity contribution < 1.29 is 14.2 Å². The molecule has 28 heavy (non-hydrogen) atoms. The quantitative estimate of drug-likeness (QED) is 0.646. The number of hydrogen-bond donors (Lipinski definition) is 0. The molecule has 0 saturated heterocycles. The van der Waals surface area contributed by atoms with Gasteiger partial charge in [0.1, 0.15) is 28.5 Å². The molecular weight excluding hydrogens is 354 g/mol. The number of ether oxygens (including phenoxy) is 3. The van der Waals surface area contributed by atoms with Gasteiger partial charge in [-0.3, -0.25) is 0 Å². The number of fused-ring (bicyclic) bond motifs is 3. The fourth-order valence-electron chi connectivity index (χ4n) is 4.27. The summed E-state index contributed by atoms with van der Waals surface area (Å²) in [4.78, 5) is 11.4. The topological polar surface area (TPSA) is 57.1 Å². The Bertz CT molecular complexity index is 919. The van der Waals surface area contributed by atoms with Crippen LogP contribution in [0.25, 0.3) is 0 Å². The fourth-order valence-corrected chi connectivity index (χ4v) is 4.27. The largest absolute Gasteiger partial charge is 0.494 e. The van der Waals surface area contributed by atoms with Crippen molar-refractivity contribution in [2.24, 2.45) is 5.18 Å². The van der Waals surface area contributed by atoms with E-state index in [9.17, 15) is 4.91 Å². The second-order valence-corrected chi connectivity index (χ2v) is 8.30. The zero-order chi connectivity index (χ0) is 19.9. The van der Waals surface area contributed by atoms with Crippen molar-refractivity contribution in [2.45, 2.75) is 58.5 Å². The Balaban J connectivity index is 1.67. The summed E-state index contributed by atoms with van der Waals surface area (Å²) in [5.41, 5.74) is 4.77. The predicted molar refractivity (Wildman–Crippen MR) is 109 cm³/mol. The normalized spacial score (nSPS) is 19.6. The fraction of sp³-hybridized carbons (Fsp3) is 0.478. The van der Waals surface area contributed by atoms with Gasteiger partial charge < -0.3 is 14.2 Å². The van der Waals surface area contributed by atoms with Gasteiger partial charge in [0.25, 0.3) is 0 Å². The van der Waals surface area contributed by atoms with E-state index in [0.717, 1.165) is 36.3 Å². The summed E-state index contributed by atoms with van der Waals surface area (Å²) in [5.74, 6) is 2.69. The lowest BCUT2D eigenvalue weighted by Crippen LogP contribution is -2.33. The standard InChI is InChI=1S/C23H27NO4/c1-5-26-16-6-7-17(20(12-16)24-25)15-11-19-14(2)10-21-18(22(19)27-13-15)8-9-23(3,4)28-21/h6-7,10,12,15H,5,8-9,11,13H2,1-4H3. The van der Waals surface area contributed by atoms with Gasteiger partial charge in [-0.15, -0.1) is 4.91 Å². The summed E-state index contributed by atoms with van der Waals surface area (Å²) in [5, 5.41) is 3.25. The van der Waals surface area contributed by atoms with Crippen molar-refractivity contribution >= 4 is 5.69 Å². The maximum atomic E-state index is 11.4. The van der Waals surface area contributed by atoms with Crippen LogP contribution in [0.1, 0.15) is 55.4 Å². The molecule has 2 aromatic rings. The van der Waals surface area contributed by atoms with Crippen molar-refractivity contribution in [3.63, 3.8) is 0 Å². The Kier molecular flexibility index (Phi) is 4.77. The van der Waals surface area contributed by atoms with Crippen molar-refractivity contribution in [1.82, 2.24) is 0 Å². The molecule has 148 valence electrons. The molecule has 0 N–H and O–H groups in total. The molecule has 1 unspecified atom stereocenters. The molecule has 0 spiro atoms. The third-order valence-electron chi connectivity index (χ3n) is 5.76. The van der Waals surface area contributed by atoms with Crippen LogP contribution >= 0.6 is 0 Å². The number of nitrogens with zero attached hydrogens (tertiary/aromatic N) is 1. The van der Waals surface area contributed by atoms with E-state index in [1.54, 1.807) is 6.07 Å². The first-order valence-electron chi connectivity index (χ1n) is 9.99. The van der Waals surface area contributed by atoms with Crippen LogP contribution in [0.15, 0.2) is 29.4 Å². The summed E-state index contributed by atoms with van der Waals surface area (Å²) in [7, 11) is 0. The van der Waals surface area contributed by atoms with E-state index in [2.05, 4.69) is 32.0 Å². The molecule has 1 atom stereocenters. The van der Waals surface area contributed by atoms with E-state index in [4.69, 9.17) is 14.2 Å². The lowest BCUT2D eigenvalue weighted by Gasteiger charge is -2.36. The van der Waals surface area contributed by atoms with Gasteiger partial charge in [0, 0.05) is 17.5 Å². The Labute approximate surface area is 166 Å². The van der Waals surface area contributed by atoms with Crippen LogP contribution in [-0.4, -0.2) is 18.8 Å². The second kappa shape index (κ2) is 7.12. The van der Waals surface area contributed by atoms with E-state index >= 15 is 0 Å². The van der Waals surface area contributed by atoms with Crippen LogP contribution in [0.3, 0.4) is 0 Å². The monoisotopic (exact) mass is 381 g/mol. The molecule has 5 nitrogen and oxygen atoms in total. The zero-order valence-electron chi connectivity index (χ0n) is 17.0. The van der Waals surface area contributed by atoms with Gasteiger partial charge in [-0.25, -0.2) is 0 Å². The molecule has 2 aliphatic heterocycles. The average Bonchev–Trinajstić information content (AvgIpc) is 2.67. The maximum Gasteiger partial charge on any atom is 0.129 e. The predicted octanol–water partition coefficient (Wildman–Crippen LogP) is 5.61. The number of benzene rings is 2. The molecule has 0 aliphatic carbocycles. The Morgan fingerprint density at radius 3 is 2.82 bits per heavy atom. The van der Waals surface area contributed by atoms with E-state index in [1.165, 1.54) is 16.7 Å². The Morgan fingerprint density at radius 1 is 1.25 bits per heavy atom. The third-order valence-corrected chi connectivity index (χ3v) is 5.76. The van der Waals surface area contributed by atoms with Gasteiger partial charge in [0.05, 0.1) is 13.2 Å². The minimum Gasteiger partial charge on any atom is -0.494 e. The number of aryl methyl sites for hydroxylation is 1. The van der Waals surface area contributed by atoms with E-state index in [1.807, 2.05) is 19.1 Å². The molecule has 2 aromatic carbocycles. The van der Waals surface area contributed by atoms with Crippen LogP contribution < -0.4 is 14.2 Å². The molecule has 0 bridgehead atoms. The SMILES string of the molecule is CCOc1ccc(C2COc3c(c(C)cc4c3CCC(C)(C)O4)C2)c(N=O)c1. The highest BCUT2D eigenvalue weighted by Gasteiger charge is 2.33. The summed E-state index contributed by atoms with van der Waals surface area (Å²) < 4.78 is 18.0. The Hall–Kier alpha value is -2.56. The van der Waals surface area contributed by atoms with E-state index < -0.39 is 0 Å². The first kappa shape index (κ1) is 18.8. The minimum atomic E-state index is -0.141. The van der Waals surface area contributed by atoms with Crippen molar-refractivity contribution in [1.29, 1.82) is 0 Å². The first-order valence-corrected chi connectivity index (χ1v) is 9.99. The first-order chi connectivity index (χ1) is 13.4. The summed E-state index contributed by atoms with van der Waals surface area (Å²) in [6, 6.07) is 7.70. The molecule has 0 fully saturated rings. The third kappa shape index (κ3) is 3.34. The van der Waals surface area contributed by atoms with Gasteiger partial charge in [-0.1, -0.05) is 6.07 Å². The van der Waals surface area contributed by atoms with Crippen LogP contribution in [0.4, 0.5) is 5.69 Å². The molecule has 0 amide bonds. The summed E-state index contributed by atoms with van der Waals surface area (Å²) >= 11 is 0. The van der Waals surface area contributed by atoms with Crippen LogP contribution in [0, 0.1) is 11.8 Å². The lowest BCUT2D eigenvalue weighted by atomic mass is 9.84. The van der Waals surface area contributed by atoms with Crippen molar-refractivity contribution in [2.75, 3.05) is 13.2 Å². The van der Waals surface area contributed by atoms with Gasteiger partial charge in [0.2, 0.25) is 0 Å².